The Bertz CT molecular complexity index is 443. The van der Waals surface area contributed by atoms with E-state index < -0.39 is 0 Å². The zero-order valence-electron chi connectivity index (χ0n) is 9.91. The smallest absolute Gasteiger partial charge is 0.254 e. The van der Waals surface area contributed by atoms with Crippen LogP contribution in [-0.4, -0.2) is 40.0 Å². The number of aryl methyl sites for hydroxylation is 1. The van der Waals surface area contributed by atoms with E-state index in [-0.39, 0.29) is 11.6 Å². The number of rotatable bonds is 1. The molecule has 1 atom stereocenters. The van der Waals surface area contributed by atoms with Crippen molar-refractivity contribution < 1.29 is 0 Å². The summed E-state index contributed by atoms with van der Waals surface area (Å²) in [5.41, 5.74) is 1.55. The Labute approximate surface area is 99.5 Å². The Balaban J connectivity index is 2.36. The van der Waals surface area contributed by atoms with E-state index in [1.54, 1.807) is 0 Å². The van der Waals surface area contributed by atoms with Crippen LogP contribution in [-0.2, 0) is 0 Å². The van der Waals surface area contributed by atoms with Crippen molar-refractivity contribution in [3.63, 3.8) is 0 Å². The van der Waals surface area contributed by atoms with E-state index >= 15 is 0 Å². The van der Waals surface area contributed by atoms with Gasteiger partial charge in [0.15, 0.2) is 0 Å². The quantitative estimate of drug-likeness (QED) is 0.797. The third-order valence-electron chi connectivity index (χ3n) is 3.12. The number of hydrogen-bond acceptors (Lipinski definition) is 4. The topological polar surface area (TPSA) is 49.0 Å². The lowest BCUT2D eigenvalue weighted by atomic mass is 10.2. The third kappa shape index (κ3) is 2.15. The average molecular weight is 239 g/mol. The zero-order chi connectivity index (χ0) is 11.7. The molecule has 16 heavy (non-hydrogen) atoms. The first-order valence-corrected chi connectivity index (χ1v) is 6.60. The van der Waals surface area contributed by atoms with Crippen molar-refractivity contribution in [1.82, 2.24) is 14.9 Å². The molecule has 1 aliphatic heterocycles. The normalized spacial score (nSPS) is 22.3. The van der Waals surface area contributed by atoms with Crippen LogP contribution in [0.3, 0.4) is 0 Å². The van der Waals surface area contributed by atoms with Crippen molar-refractivity contribution in [2.75, 3.05) is 25.1 Å². The van der Waals surface area contributed by atoms with Gasteiger partial charge in [0.2, 0.25) is 0 Å². The minimum atomic E-state index is -0.00789. The molecule has 0 aromatic carbocycles. The van der Waals surface area contributed by atoms with Crippen molar-refractivity contribution >= 4 is 11.8 Å². The Morgan fingerprint density at radius 2 is 2.25 bits per heavy atom. The van der Waals surface area contributed by atoms with Gasteiger partial charge < -0.3 is 4.98 Å². The molecule has 0 bridgehead atoms. The highest BCUT2D eigenvalue weighted by Gasteiger charge is 2.23. The van der Waals surface area contributed by atoms with Crippen LogP contribution in [0.4, 0.5) is 0 Å². The predicted molar refractivity (Wildman–Crippen MR) is 67.0 cm³/mol. The maximum Gasteiger partial charge on any atom is 0.254 e. The number of H-pyrrole nitrogens is 1. The maximum atomic E-state index is 11.7. The minimum Gasteiger partial charge on any atom is -0.309 e. The molecule has 1 aliphatic rings. The standard InChI is InChI=1S/C11H17N3OS/c1-7-8(2)12-10(13-11(7)15)9-6-16-5-4-14(9)3/h9H,4-6H2,1-3H3,(H,12,13,15). The van der Waals surface area contributed by atoms with Crippen molar-refractivity contribution in [2.45, 2.75) is 19.9 Å². The average Bonchev–Trinajstić information content (AvgIpc) is 2.26. The van der Waals surface area contributed by atoms with E-state index in [0.717, 1.165) is 35.1 Å². The highest BCUT2D eigenvalue weighted by atomic mass is 32.2. The van der Waals surface area contributed by atoms with E-state index in [1.807, 2.05) is 25.6 Å². The highest BCUT2D eigenvalue weighted by molar-refractivity contribution is 7.99. The van der Waals surface area contributed by atoms with Gasteiger partial charge in [-0.15, -0.1) is 0 Å². The molecule has 1 unspecified atom stereocenters. The lowest BCUT2D eigenvalue weighted by Gasteiger charge is -2.31. The molecule has 2 rings (SSSR count). The maximum absolute atomic E-state index is 11.7. The molecule has 88 valence electrons. The fourth-order valence-electron chi connectivity index (χ4n) is 1.80. The van der Waals surface area contributed by atoms with Gasteiger partial charge in [-0.3, -0.25) is 9.69 Å². The van der Waals surface area contributed by atoms with Gasteiger partial charge in [-0.25, -0.2) is 4.98 Å². The lowest BCUT2D eigenvalue weighted by molar-refractivity contribution is 0.263. The summed E-state index contributed by atoms with van der Waals surface area (Å²) in [7, 11) is 2.08. The lowest BCUT2D eigenvalue weighted by Crippen LogP contribution is -2.35. The molecule has 0 amide bonds. The summed E-state index contributed by atoms with van der Waals surface area (Å²) in [5.74, 6) is 2.96. The summed E-state index contributed by atoms with van der Waals surface area (Å²) in [6.45, 7) is 4.75. The van der Waals surface area contributed by atoms with Crippen LogP contribution in [0.1, 0.15) is 23.1 Å². The second-order valence-corrected chi connectivity index (χ2v) is 5.38. The van der Waals surface area contributed by atoms with Gasteiger partial charge in [0.1, 0.15) is 5.82 Å². The molecular formula is C11H17N3OS. The Kier molecular flexibility index (Phi) is 3.35. The summed E-state index contributed by atoms with van der Waals surface area (Å²) in [5, 5.41) is 0. The first kappa shape index (κ1) is 11.7. The van der Waals surface area contributed by atoms with Crippen LogP contribution in [0.25, 0.3) is 0 Å². The first-order valence-electron chi connectivity index (χ1n) is 5.45. The number of aromatic amines is 1. The van der Waals surface area contributed by atoms with Gasteiger partial charge in [-0.05, 0) is 20.9 Å². The highest BCUT2D eigenvalue weighted by Crippen LogP contribution is 2.25. The van der Waals surface area contributed by atoms with E-state index in [1.165, 1.54) is 0 Å². The van der Waals surface area contributed by atoms with Gasteiger partial charge >= 0.3 is 0 Å². The summed E-state index contributed by atoms with van der Waals surface area (Å²) >= 11 is 1.91. The fourth-order valence-corrected chi connectivity index (χ4v) is 3.02. The van der Waals surface area contributed by atoms with Crippen LogP contribution in [0.5, 0.6) is 0 Å². The summed E-state index contributed by atoms with van der Waals surface area (Å²) in [6, 6.07) is 0.241. The Morgan fingerprint density at radius 1 is 1.50 bits per heavy atom. The Morgan fingerprint density at radius 3 is 2.88 bits per heavy atom. The van der Waals surface area contributed by atoms with E-state index in [2.05, 4.69) is 21.9 Å². The van der Waals surface area contributed by atoms with Gasteiger partial charge in [0.25, 0.3) is 5.56 Å². The molecule has 4 nitrogen and oxygen atoms in total. The summed E-state index contributed by atoms with van der Waals surface area (Å²) in [4.78, 5) is 21.3. The summed E-state index contributed by atoms with van der Waals surface area (Å²) in [6.07, 6.45) is 0. The molecule has 0 aliphatic carbocycles. The molecule has 1 aromatic heterocycles. The van der Waals surface area contributed by atoms with Crippen LogP contribution in [0, 0.1) is 13.8 Å². The second kappa shape index (κ2) is 4.59. The number of thioether (sulfide) groups is 1. The number of nitrogens with one attached hydrogen (secondary N) is 1. The molecule has 0 spiro atoms. The van der Waals surface area contributed by atoms with Crippen molar-refractivity contribution in [3.8, 4) is 0 Å². The monoisotopic (exact) mass is 239 g/mol. The van der Waals surface area contributed by atoms with Crippen LogP contribution >= 0.6 is 11.8 Å². The van der Waals surface area contributed by atoms with E-state index in [0.29, 0.717) is 0 Å². The summed E-state index contributed by atoms with van der Waals surface area (Å²) < 4.78 is 0. The molecule has 1 fully saturated rings. The van der Waals surface area contributed by atoms with Crippen LogP contribution in [0.2, 0.25) is 0 Å². The molecule has 1 N–H and O–H groups in total. The van der Waals surface area contributed by atoms with Crippen LogP contribution in [0.15, 0.2) is 4.79 Å². The van der Waals surface area contributed by atoms with Gasteiger partial charge in [0, 0.05) is 29.3 Å². The van der Waals surface area contributed by atoms with Gasteiger partial charge in [0.05, 0.1) is 6.04 Å². The number of aromatic nitrogens is 2. The first-order chi connectivity index (χ1) is 7.59. The molecule has 1 saturated heterocycles. The second-order valence-electron chi connectivity index (χ2n) is 4.23. The predicted octanol–water partition coefficient (Wildman–Crippen LogP) is 1.11. The molecular weight excluding hydrogens is 222 g/mol. The van der Waals surface area contributed by atoms with Crippen molar-refractivity contribution in [1.29, 1.82) is 0 Å². The SMILES string of the molecule is Cc1nc(C2CSCCN2C)[nH]c(=O)c1C. The van der Waals surface area contributed by atoms with Gasteiger partial charge in [-0.1, -0.05) is 0 Å². The van der Waals surface area contributed by atoms with E-state index in [4.69, 9.17) is 0 Å². The molecule has 0 radical (unpaired) electrons. The molecule has 0 saturated carbocycles. The molecule has 2 heterocycles. The number of hydrogen-bond donors (Lipinski definition) is 1. The number of nitrogens with zero attached hydrogens (tertiary/aromatic N) is 2. The Hall–Kier alpha value is -0.810. The fraction of sp³-hybridized carbons (Fsp3) is 0.636. The zero-order valence-corrected chi connectivity index (χ0v) is 10.7. The van der Waals surface area contributed by atoms with E-state index in [9.17, 15) is 4.79 Å². The third-order valence-corrected chi connectivity index (χ3v) is 4.15. The largest absolute Gasteiger partial charge is 0.309 e. The van der Waals surface area contributed by atoms with Crippen molar-refractivity contribution in [3.05, 3.63) is 27.4 Å². The molecule has 5 heteroatoms. The van der Waals surface area contributed by atoms with Gasteiger partial charge in [-0.2, -0.15) is 11.8 Å². The minimum absolute atomic E-state index is 0.00789. The van der Waals surface area contributed by atoms with Crippen molar-refractivity contribution in [2.24, 2.45) is 0 Å². The molecule has 1 aromatic rings. The van der Waals surface area contributed by atoms with Crippen LogP contribution < -0.4 is 5.56 Å².